The highest BCUT2D eigenvalue weighted by molar-refractivity contribution is 7.11. The van der Waals surface area contributed by atoms with E-state index in [0.29, 0.717) is 18.0 Å². The van der Waals surface area contributed by atoms with E-state index in [9.17, 15) is 14.4 Å². The maximum absolute atomic E-state index is 12.3. The van der Waals surface area contributed by atoms with Crippen LogP contribution in [0.4, 0.5) is 4.79 Å². The highest BCUT2D eigenvalue weighted by atomic mass is 32.1. The van der Waals surface area contributed by atoms with Crippen LogP contribution >= 0.6 is 11.3 Å². The highest BCUT2D eigenvalue weighted by Gasteiger charge is 2.29. The summed E-state index contributed by atoms with van der Waals surface area (Å²) in [6.07, 6.45) is -0.189. The molecule has 0 atom stereocenters. The van der Waals surface area contributed by atoms with Gasteiger partial charge in [0.2, 0.25) is 0 Å². The van der Waals surface area contributed by atoms with E-state index < -0.39 is 18.0 Å². The van der Waals surface area contributed by atoms with Gasteiger partial charge < -0.3 is 20.5 Å². The molecule has 4 rings (SSSR count). The number of carboxylic acids is 1. The van der Waals surface area contributed by atoms with E-state index >= 15 is 0 Å². The molecule has 8 nitrogen and oxygen atoms in total. The van der Waals surface area contributed by atoms with Gasteiger partial charge in [-0.3, -0.25) is 9.59 Å². The summed E-state index contributed by atoms with van der Waals surface area (Å²) in [5, 5.41) is 14.7. The average Bonchev–Trinajstić information content (AvgIpc) is 3.35. The van der Waals surface area contributed by atoms with Crippen molar-refractivity contribution in [2.75, 3.05) is 19.7 Å². The standard InChI is InChI=1S/C25H25N3O5S/c1-15-23(24(31)26-13-11-22(29)30)28-21(34-15)10-12-27-25(32)33-14-20-18-8-4-2-6-16(18)17-7-3-5-9-19(17)20/h2-9,20H,10-14H2,1H3,(H,26,31)(H,27,32)(H,29,30). The number of nitrogens with zero attached hydrogens (tertiary/aromatic N) is 1. The fraction of sp³-hybridized carbons (Fsp3) is 0.280. The molecule has 0 unspecified atom stereocenters. The number of thiazole rings is 1. The largest absolute Gasteiger partial charge is 0.481 e. The fourth-order valence-electron chi connectivity index (χ4n) is 4.06. The van der Waals surface area contributed by atoms with Gasteiger partial charge in [0.1, 0.15) is 12.3 Å². The normalized spacial score (nSPS) is 12.0. The molecule has 34 heavy (non-hydrogen) atoms. The number of rotatable bonds is 9. The van der Waals surface area contributed by atoms with Crippen LogP contribution in [-0.2, 0) is 16.0 Å². The Bertz CT molecular complexity index is 1180. The Morgan fingerprint density at radius 1 is 1.00 bits per heavy atom. The van der Waals surface area contributed by atoms with Gasteiger partial charge in [0, 0.05) is 30.3 Å². The number of carboxylic acid groups (broad SMARTS) is 1. The van der Waals surface area contributed by atoms with Crippen LogP contribution < -0.4 is 10.6 Å². The minimum Gasteiger partial charge on any atom is -0.481 e. The number of benzene rings is 2. The van der Waals surface area contributed by atoms with Crippen LogP contribution in [0, 0.1) is 6.92 Å². The molecule has 0 saturated carbocycles. The minimum atomic E-state index is -0.977. The molecule has 1 heterocycles. The zero-order valence-electron chi connectivity index (χ0n) is 18.7. The Labute approximate surface area is 201 Å². The lowest BCUT2D eigenvalue weighted by Gasteiger charge is -2.14. The summed E-state index contributed by atoms with van der Waals surface area (Å²) in [5.74, 6) is -1.37. The molecular formula is C25H25N3O5S. The molecule has 3 aromatic rings. The van der Waals surface area contributed by atoms with E-state index in [4.69, 9.17) is 9.84 Å². The van der Waals surface area contributed by atoms with Crippen LogP contribution in [0.2, 0.25) is 0 Å². The van der Waals surface area contributed by atoms with Gasteiger partial charge in [-0.25, -0.2) is 9.78 Å². The maximum Gasteiger partial charge on any atom is 0.407 e. The van der Waals surface area contributed by atoms with Crippen LogP contribution in [0.3, 0.4) is 0 Å². The molecule has 176 valence electrons. The van der Waals surface area contributed by atoms with Crippen molar-refractivity contribution in [3.63, 3.8) is 0 Å². The molecule has 2 aromatic carbocycles. The van der Waals surface area contributed by atoms with Gasteiger partial charge in [-0.2, -0.15) is 0 Å². The second-order valence-electron chi connectivity index (χ2n) is 7.91. The van der Waals surface area contributed by atoms with Gasteiger partial charge in [-0.15, -0.1) is 11.3 Å². The van der Waals surface area contributed by atoms with Crippen molar-refractivity contribution >= 4 is 29.3 Å². The Kier molecular flexibility index (Phi) is 7.22. The summed E-state index contributed by atoms with van der Waals surface area (Å²) in [7, 11) is 0. The summed E-state index contributed by atoms with van der Waals surface area (Å²) in [6, 6.07) is 16.3. The first-order chi connectivity index (χ1) is 16.4. The monoisotopic (exact) mass is 479 g/mol. The number of alkyl carbamates (subject to hydrolysis) is 1. The molecule has 2 amide bonds. The van der Waals surface area contributed by atoms with Crippen molar-refractivity contribution < 1.29 is 24.2 Å². The van der Waals surface area contributed by atoms with Crippen molar-refractivity contribution in [1.82, 2.24) is 15.6 Å². The molecule has 1 aliphatic rings. The number of aliphatic carboxylic acids is 1. The Morgan fingerprint density at radius 3 is 2.29 bits per heavy atom. The number of hydrogen-bond acceptors (Lipinski definition) is 6. The zero-order valence-corrected chi connectivity index (χ0v) is 19.5. The SMILES string of the molecule is Cc1sc(CCNC(=O)OCC2c3ccccc3-c3ccccc32)nc1C(=O)NCCC(=O)O. The number of ether oxygens (including phenoxy) is 1. The fourth-order valence-corrected chi connectivity index (χ4v) is 4.99. The summed E-state index contributed by atoms with van der Waals surface area (Å²) in [6.45, 7) is 2.40. The third-order valence-corrected chi connectivity index (χ3v) is 6.66. The number of aromatic nitrogens is 1. The van der Waals surface area contributed by atoms with E-state index in [1.54, 1.807) is 6.92 Å². The molecule has 0 radical (unpaired) electrons. The second-order valence-corrected chi connectivity index (χ2v) is 9.20. The second kappa shape index (κ2) is 10.5. The molecule has 1 aromatic heterocycles. The first-order valence-electron chi connectivity index (χ1n) is 11.0. The summed E-state index contributed by atoms with van der Waals surface area (Å²) < 4.78 is 5.53. The van der Waals surface area contributed by atoms with Gasteiger partial charge in [0.05, 0.1) is 11.4 Å². The van der Waals surface area contributed by atoms with Crippen molar-refractivity contribution in [2.45, 2.75) is 25.7 Å². The van der Waals surface area contributed by atoms with Crippen molar-refractivity contribution in [3.8, 4) is 11.1 Å². The van der Waals surface area contributed by atoms with Gasteiger partial charge in [-0.05, 0) is 29.2 Å². The lowest BCUT2D eigenvalue weighted by atomic mass is 9.98. The van der Waals surface area contributed by atoms with Crippen LogP contribution in [-0.4, -0.2) is 47.8 Å². The summed E-state index contributed by atoms with van der Waals surface area (Å²) in [4.78, 5) is 40.1. The smallest absolute Gasteiger partial charge is 0.407 e. The highest BCUT2D eigenvalue weighted by Crippen LogP contribution is 2.44. The van der Waals surface area contributed by atoms with Gasteiger partial charge in [0.15, 0.2) is 0 Å². The molecule has 3 N–H and O–H groups in total. The van der Waals surface area contributed by atoms with E-state index in [2.05, 4.69) is 39.9 Å². The van der Waals surface area contributed by atoms with Crippen molar-refractivity contribution in [1.29, 1.82) is 0 Å². The predicted octanol–water partition coefficient (Wildman–Crippen LogP) is 3.74. The maximum atomic E-state index is 12.3. The third-order valence-electron chi connectivity index (χ3n) is 5.63. The molecule has 0 fully saturated rings. The molecule has 0 aliphatic heterocycles. The zero-order chi connectivity index (χ0) is 24.1. The van der Waals surface area contributed by atoms with Crippen molar-refractivity contribution in [2.24, 2.45) is 0 Å². The number of carbonyl (C=O) groups excluding carboxylic acids is 2. The number of hydrogen-bond donors (Lipinski definition) is 3. The van der Waals surface area contributed by atoms with Crippen LogP contribution in [0.5, 0.6) is 0 Å². The Balaban J connectivity index is 1.26. The quantitative estimate of drug-likeness (QED) is 0.430. The molecule has 1 aliphatic carbocycles. The molecule has 0 spiro atoms. The van der Waals surface area contributed by atoms with E-state index in [0.717, 1.165) is 16.0 Å². The lowest BCUT2D eigenvalue weighted by molar-refractivity contribution is -0.136. The molecule has 0 saturated heterocycles. The average molecular weight is 480 g/mol. The van der Waals surface area contributed by atoms with Gasteiger partial charge >= 0.3 is 12.1 Å². The van der Waals surface area contributed by atoms with E-state index in [1.165, 1.54) is 22.5 Å². The molecule has 9 heteroatoms. The Morgan fingerprint density at radius 2 is 1.65 bits per heavy atom. The molecular weight excluding hydrogens is 454 g/mol. The van der Waals surface area contributed by atoms with Gasteiger partial charge in [0.25, 0.3) is 5.91 Å². The predicted molar refractivity (Wildman–Crippen MR) is 128 cm³/mol. The summed E-state index contributed by atoms with van der Waals surface area (Å²) >= 11 is 1.37. The number of carbonyl (C=O) groups is 3. The first-order valence-corrected chi connectivity index (χ1v) is 11.8. The van der Waals surface area contributed by atoms with Gasteiger partial charge in [-0.1, -0.05) is 48.5 Å². The topological polar surface area (TPSA) is 118 Å². The molecule has 0 bridgehead atoms. The number of amides is 2. The number of aryl methyl sites for hydroxylation is 1. The van der Waals surface area contributed by atoms with Crippen LogP contribution in [0.15, 0.2) is 48.5 Å². The van der Waals surface area contributed by atoms with E-state index in [-0.39, 0.29) is 31.2 Å². The van der Waals surface area contributed by atoms with E-state index in [1.807, 2.05) is 24.3 Å². The Hall–Kier alpha value is -3.72. The van der Waals surface area contributed by atoms with Crippen LogP contribution in [0.25, 0.3) is 11.1 Å². The van der Waals surface area contributed by atoms with Crippen LogP contribution in [0.1, 0.15) is 43.8 Å². The van der Waals surface area contributed by atoms with Crippen molar-refractivity contribution in [3.05, 3.63) is 75.2 Å². The number of fused-ring (bicyclic) bond motifs is 3. The first kappa shape index (κ1) is 23.4. The summed E-state index contributed by atoms with van der Waals surface area (Å²) in [5.41, 5.74) is 4.95. The number of nitrogens with one attached hydrogen (secondary N) is 2. The minimum absolute atomic E-state index is 0.00181. The lowest BCUT2D eigenvalue weighted by Crippen LogP contribution is -2.28. The third kappa shape index (κ3) is 5.26.